The molecule has 0 amide bonds. The highest BCUT2D eigenvalue weighted by Gasteiger charge is 2.24. The van der Waals surface area contributed by atoms with Crippen LogP contribution in [-0.2, 0) is 5.54 Å². The SMILES string of the molecule is CC(N)(CO)c1cc(Cl)nnc1Cl. The molecule has 4 nitrogen and oxygen atoms in total. The van der Waals surface area contributed by atoms with Crippen molar-refractivity contribution in [3.05, 3.63) is 21.9 Å². The first-order chi connectivity index (χ1) is 5.97. The van der Waals surface area contributed by atoms with Crippen molar-refractivity contribution in [2.45, 2.75) is 12.5 Å². The Morgan fingerprint density at radius 2 is 2.15 bits per heavy atom. The highest BCUT2D eigenvalue weighted by Crippen LogP contribution is 2.25. The predicted octanol–water partition coefficient (Wildman–Crippen LogP) is 0.950. The number of aliphatic hydroxyl groups excluding tert-OH is 1. The molecule has 0 aliphatic heterocycles. The van der Waals surface area contributed by atoms with Gasteiger partial charge in [-0.2, -0.15) is 0 Å². The third-order valence-electron chi connectivity index (χ3n) is 1.66. The number of hydrogen-bond donors (Lipinski definition) is 2. The fourth-order valence-corrected chi connectivity index (χ4v) is 1.29. The van der Waals surface area contributed by atoms with E-state index in [1.165, 1.54) is 6.07 Å². The van der Waals surface area contributed by atoms with Crippen LogP contribution in [0.25, 0.3) is 0 Å². The van der Waals surface area contributed by atoms with Crippen LogP contribution in [0.1, 0.15) is 12.5 Å². The summed E-state index contributed by atoms with van der Waals surface area (Å²) >= 11 is 11.3. The summed E-state index contributed by atoms with van der Waals surface area (Å²) in [6.45, 7) is 1.39. The van der Waals surface area contributed by atoms with Crippen LogP contribution in [0, 0.1) is 0 Å². The fraction of sp³-hybridized carbons (Fsp3) is 0.429. The Bertz CT molecular complexity index is 317. The van der Waals surface area contributed by atoms with Gasteiger partial charge in [-0.3, -0.25) is 0 Å². The third kappa shape index (κ3) is 2.28. The van der Waals surface area contributed by atoms with Crippen molar-refractivity contribution in [2.24, 2.45) is 5.73 Å². The Kier molecular flexibility index (Phi) is 3.08. The van der Waals surface area contributed by atoms with E-state index in [0.29, 0.717) is 5.56 Å². The molecule has 0 bridgehead atoms. The van der Waals surface area contributed by atoms with Crippen LogP contribution in [0.2, 0.25) is 10.3 Å². The van der Waals surface area contributed by atoms with Crippen molar-refractivity contribution in [2.75, 3.05) is 6.61 Å². The molecule has 1 aromatic heterocycles. The van der Waals surface area contributed by atoms with Crippen LogP contribution < -0.4 is 5.73 Å². The van der Waals surface area contributed by atoms with Gasteiger partial charge < -0.3 is 10.8 Å². The second-order valence-electron chi connectivity index (χ2n) is 2.95. The van der Waals surface area contributed by atoms with Gasteiger partial charge in [0.05, 0.1) is 12.1 Å². The molecule has 0 aliphatic rings. The predicted molar refractivity (Wildman–Crippen MR) is 50.7 cm³/mol. The van der Waals surface area contributed by atoms with Crippen LogP contribution in [0.3, 0.4) is 0 Å². The molecule has 6 heteroatoms. The minimum absolute atomic E-state index is 0.156. The summed E-state index contributed by atoms with van der Waals surface area (Å²) in [5.74, 6) is 0. The van der Waals surface area contributed by atoms with E-state index in [2.05, 4.69) is 10.2 Å². The summed E-state index contributed by atoms with van der Waals surface area (Å²) in [4.78, 5) is 0. The molecule has 0 radical (unpaired) electrons. The van der Waals surface area contributed by atoms with Crippen LogP contribution in [0.5, 0.6) is 0 Å². The van der Waals surface area contributed by atoms with Gasteiger partial charge in [-0.15, -0.1) is 10.2 Å². The summed E-state index contributed by atoms with van der Waals surface area (Å²) in [5, 5.41) is 16.5. The highest BCUT2D eigenvalue weighted by atomic mass is 35.5. The minimum Gasteiger partial charge on any atom is -0.394 e. The average Bonchev–Trinajstić information content (AvgIpc) is 2.09. The summed E-state index contributed by atoms with van der Waals surface area (Å²) < 4.78 is 0. The number of hydrogen-bond acceptors (Lipinski definition) is 4. The van der Waals surface area contributed by atoms with Gasteiger partial charge in [0.15, 0.2) is 10.3 Å². The average molecular weight is 222 g/mol. The van der Waals surface area contributed by atoms with Gasteiger partial charge in [-0.25, -0.2) is 0 Å². The molecule has 3 N–H and O–H groups in total. The van der Waals surface area contributed by atoms with Crippen LogP contribution in [-0.4, -0.2) is 21.9 Å². The zero-order valence-electron chi connectivity index (χ0n) is 6.96. The number of nitrogens with two attached hydrogens (primary N) is 1. The molecule has 0 aliphatic carbocycles. The van der Waals surface area contributed by atoms with E-state index in [9.17, 15) is 0 Å². The normalized spacial score (nSPS) is 15.5. The molecular weight excluding hydrogens is 213 g/mol. The van der Waals surface area contributed by atoms with Gasteiger partial charge in [-0.1, -0.05) is 23.2 Å². The monoisotopic (exact) mass is 221 g/mol. The molecule has 1 atom stereocenters. The summed E-state index contributed by atoms with van der Waals surface area (Å²) in [7, 11) is 0. The van der Waals surface area contributed by atoms with Crippen molar-refractivity contribution >= 4 is 23.2 Å². The first kappa shape index (κ1) is 10.7. The van der Waals surface area contributed by atoms with E-state index in [4.69, 9.17) is 34.0 Å². The molecule has 0 aromatic carbocycles. The molecular formula is C7H9Cl2N3O. The van der Waals surface area contributed by atoms with Gasteiger partial charge in [0.25, 0.3) is 0 Å². The molecule has 0 spiro atoms. The van der Waals surface area contributed by atoms with Crippen molar-refractivity contribution in [1.82, 2.24) is 10.2 Å². The number of aromatic nitrogens is 2. The highest BCUT2D eigenvalue weighted by molar-refractivity contribution is 6.31. The molecule has 0 fully saturated rings. The molecule has 0 saturated heterocycles. The lowest BCUT2D eigenvalue weighted by Crippen LogP contribution is -2.37. The molecule has 1 heterocycles. The Morgan fingerprint density at radius 1 is 1.54 bits per heavy atom. The molecule has 1 rings (SSSR count). The van der Waals surface area contributed by atoms with Gasteiger partial charge in [0, 0.05) is 5.56 Å². The van der Waals surface area contributed by atoms with E-state index in [-0.39, 0.29) is 16.9 Å². The molecule has 13 heavy (non-hydrogen) atoms. The zero-order valence-corrected chi connectivity index (χ0v) is 8.47. The van der Waals surface area contributed by atoms with Crippen LogP contribution >= 0.6 is 23.2 Å². The first-order valence-electron chi connectivity index (χ1n) is 3.56. The standard InChI is InChI=1S/C7H9Cl2N3O/c1-7(10,3-13)4-2-5(8)11-12-6(4)9/h2,13H,3,10H2,1H3. The van der Waals surface area contributed by atoms with E-state index >= 15 is 0 Å². The Labute approximate surface area is 85.7 Å². The van der Waals surface area contributed by atoms with Crippen LogP contribution in [0.4, 0.5) is 0 Å². The Morgan fingerprint density at radius 3 is 2.69 bits per heavy atom. The van der Waals surface area contributed by atoms with Gasteiger partial charge in [0.1, 0.15) is 0 Å². The summed E-state index contributed by atoms with van der Waals surface area (Å²) in [6, 6.07) is 1.49. The molecule has 72 valence electrons. The second-order valence-corrected chi connectivity index (χ2v) is 3.69. The maximum atomic E-state index is 8.99. The smallest absolute Gasteiger partial charge is 0.156 e. The summed E-state index contributed by atoms with van der Waals surface area (Å²) in [5.41, 5.74) is 5.28. The maximum absolute atomic E-state index is 8.99. The van der Waals surface area contributed by atoms with Crippen LogP contribution in [0.15, 0.2) is 6.07 Å². The lowest BCUT2D eigenvalue weighted by atomic mass is 9.96. The van der Waals surface area contributed by atoms with E-state index < -0.39 is 5.54 Å². The van der Waals surface area contributed by atoms with Crippen molar-refractivity contribution in [3.8, 4) is 0 Å². The number of rotatable bonds is 2. The van der Waals surface area contributed by atoms with Crippen molar-refractivity contribution in [1.29, 1.82) is 0 Å². The second kappa shape index (κ2) is 3.75. The van der Waals surface area contributed by atoms with Crippen molar-refractivity contribution in [3.63, 3.8) is 0 Å². The summed E-state index contributed by atoms with van der Waals surface area (Å²) in [6.07, 6.45) is 0. The van der Waals surface area contributed by atoms with Gasteiger partial charge >= 0.3 is 0 Å². The van der Waals surface area contributed by atoms with Gasteiger partial charge in [0.2, 0.25) is 0 Å². The molecule has 0 saturated carbocycles. The lowest BCUT2D eigenvalue weighted by molar-refractivity contribution is 0.209. The number of aliphatic hydroxyl groups is 1. The largest absolute Gasteiger partial charge is 0.394 e. The Hall–Kier alpha value is -0.420. The van der Waals surface area contributed by atoms with E-state index in [1.807, 2.05) is 0 Å². The van der Waals surface area contributed by atoms with Gasteiger partial charge in [-0.05, 0) is 13.0 Å². The fourth-order valence-electron chi connectivity index (χ4n) is 0.839. The molecule has 1 aromatic rings. The molecule has 1 unspecified atom stereocenters. The maximum Gasteiger partial charge on any atom is 0.156 e. The van der Waals surface area contributed by atoms with E-state index in [0.717, 1.165) is 0 Å². The number of halogens is 2. The van der Waals surface area contributed by atoms with Crippen molar-refractivity contribution < 1.29 is 5.11 Å². The quantitative estimate of drug-likeness (QED) is 0.781. The topological polar surface area (TPSA) is 72.0 Å². The first-order valence-corrected chi connectivity index (χ1v) is 4.32. The third-order valence-corrected chi connectivity index (χ3v) is 2.13. The number of nitrogens with zero attached hydrogens (tertiary/aromatic N) is 2. The Balaban J connectivity index is 3.20. The minimum atomic E-state index is -0.948. The lowest BCUT2D eigenvalue weighted by Gasteiger charge is -2.22. The van der Waals surface area contributed by atoms with E-state index in [1.54, 1.807) is 6.92 Å². The zero-order chi connectivity index (χ0) is 10.1.